The van der Waals surface area contributed by atoms with Crippen LogP contribution in [0.25, 0.3) is 6.08 Å². The van der Waals surface area contributed by atoms with Gasteiger partial charge in [0.2, 0.25) is 5.95 Å². The number of piperidine rings is 1. The van der Waals surface area contributed by atoms with Gasteiger partial charge in [0, 0.05) is 43.9 Å². The van der Waals surface area contributed by atoms with Crippen molar-refractivity contribution < 1.29 is 9.53 Å². The van der Waals surface area contributed by atoms with Crippen LogP contribution >= 0.6 is 0 Å². The van der Waals surface area contributed by atoms with Gasteiger partial charge < -0.3 is 19.5 Å². The lowest BCUT2D eigenvalue weighted by molar-refractivity contribution is 0.0525. The van der Waals surface area contributed by atoms with Crippen LogP contribution in [-0.4, -0.2) is 53.3 Å². The molecule has 1 N–H and O–H groups in total. The molecule has 2 aromatic heterocycles. The maximum absolute atomic E-state index is 11.8. The van der Waals surface area contributed by atoms with Crippen LogP contribution in [0.3, 0.4) is 0 Å². The van der Waals surface area contributed by atoms with E-state index >= 15 is 0 Å². The number of esters is 1. The van der Waals surface area contributed by atoms with Crippen LogP contribution in [0.4, 0.5) is 5.95 Å². The van der Waals surface area contributed by atoms with Crippen molar-refractivity contribution >= 4 is 18.0 Å². The van der Waals surface area contributed by atoms with Crippen molar-refractivity contribution in [3.63, 3.8) is 0 Å². The maximum atomic E-state index is 11.8. The highest BCUT2D eigenvalue weighted by Crippen LogP contribution is 2.28. The fourth-order valence-electron chi connectivity index (χ4n) is 4.85. The highest BCUT2D eigenvalue weighted by molar-refractivity contribution is 5.88. The van der Waals surface area contributed by atoms with Crippen LogP contribution in [0.15, 0.2) is 18.5 Å². The summed E-state index contributed by atoms with van der Waals surface area (Å²) in [5, 5.41) is 3.70. The first-order chi connectivity index (χ1) is 15.6. The molecule has 1 aliphatic heterocycles. The first kappa shape index (κ1) is 22.5. The molecule has 32 heavy (non-hydrogen) atoms. The summed E-state index contributed by atoms with van der Waals surface area (Å²) in [5.41, 5.74) is 6.26. The third-order valence-corrected chi connectivity index (χ3v) is 6.84. The lowest BCUT2D eigenvalue weighted by atomic mass is 9.96. The van der Waals surface area contributed by atoms with E-state index in [9.17, 15) is 4.79 Å². The van der Waals surface area contributed by atoms with Crippen LogP contribution in [0, 0.1) is 12.8 Å². The number of carbonyl (C=O) groups is 1. The van der Waals surface area contributed by atoms with Gasteiger partial charge in [-0.1, -0.05) is 12.2 Å². The van der Waals surface area contributed by atoms with E-state index in [-0.39, 0.29) is 5.97 Å². The lowest BCUT2D eigenvalue weighted by Crippen LogP contribution is -2.38. The zero-order valence-corrected chi connectivity index (χ0v) is 19.6. The summed E-state index contributed by atoms with van der Waals surface area (Å²) in [5.74, 6) is 1.00. The van der Waals surface area contributed by atoms with Crippen LogP contribution in [-0.2, 0) is 24.6 Å². The van der Waals surface area contributed by atoms with Crippen LogP contribution in [0.2, 0.25) is 0 Å². The molecule has 1 fully saturated rings. The minimum Gasteiger partial charge on any atom is -0.462 e. The first-order valence-electron chi connectivity index (χ1n) is 11.9. The third kappa shape index (κ3) is 4.88. The van der Waals surface area contributed by atoms with E-state index in [1.54, 1.807) is 19.3 Å². The molecule has 0 bridgehead atoms. The van der Waals surface area contributed by atoms with Crippen molar-refractivity contribution in [1.82, 2.24) is 19.9 Å². The predicted molar refractivity (Wildman–Crippen MR) is 127 cm³/mol. The largest absolute Gasteiger partial charge is 0.462 e. The van der Waals surface area contributed by atoms with Gasteiger partial charge in [0.25, 0.3) is 0 Å². The number of fused-ring (bicyclic) bond motifs is 1. The second kappa shape index (κ2) is 10.3. The standard InChI is InChI=1S/C25H35N5O2/c1-4-32-24(31)20-16-27-25(28-17-20)30-13-10-19(11-14-30)15-26-12-9-21-18(2)29(3)23-8-6-5-7-22(21)23/h5,7,16-17,19,26H,4,6,8-15H2,1-3H3. The van der Waals surface area contributed by atoms with E-state index in [1.807, 2.05) is 0 Å². The molecule has 0 unspecified atom stereocenters. The molecular weight excluding hydrogens is 402 g/mol. The number of anilines is 1. The number of nitrogens with zero attached hydrogens (tertiary/aromatic N) is 4. The van der Waals surface area contributed by atoms with Gasteiger partial charge in [0.1, 0.15) is 0 Å². The third-order valence-electron chi connectivity index (χ3n) is 6.84. The fraction of sp³-hybridized carbons (Fsp3) is 0.560. The summed E-state index contributed by atoms with van der Waals surface area (Å²) >= 11 is 0. The summed E-state index contributed by atoms with van der Waals surface area (Å²) in [7, 11) is 2.20. The second-order valence-corrected chi connectivity index (χ2v) is 8.80. The van der Waals surface area contributed by atoms with Gasteiger partial charge in [-0.2, -0.15) is 0 Å². The van der Waals surface area contributed by atoms with Gasteiger partial charge in [-0.25, -0.2) is 14.8 Å². The van der Waals surface area contributed by atoms with E-state index in [2.05, 4.69) is 50.9 Å². The molecule has 1 saturated heterocycles. The Labute approximate surface area is 190 Å². The zero-order valence-electron chi connectivity index (χ0n) is 19.6. The number of carbonyl (C=O) groups excluding carboxylic acids is 1. The van der Waals surface area contributed by atoms with E-state index < -0.39 is 0 Å². The van der Waals surface area contributed by atoms with Gasteiger partial charge in [0.15, 0.2) is 0 Å². The number of aromatic nitrogens is 3. The summed E-state index contributed by atoms with van der Waals surface area (Å²) in [4.78, 5) is 22.7. The van der Waals surface area contributed by atoms with Crippen molar-refractivity contribution in [2.75, 3.05) is 37.7 Å². The SMILES string of the molecule is CCOC(=O)c1cnc(N2CCC(CNCCc3c4c(n(C)c3C)CCC=C4)CC2)nc1. The zero-order chi connectivity index (χ0) is 22.5. The number of rotatable bonds is 8. The molecule has 0 aromatic carbocycles. The Balaban J connectivity index is 1.21. The normalized spacial score (nSPS) is 16.3. The maximum Gasteiger partial charge on any atom is 0.341 e. The van der Waals surface area contributed by atoms with Gasteiger partial charge in [-0.05, 0) is 76.1 Å². The molecule has 3 heterocycles. The lowest BCUT2D eigenvalue weighted by Gasteiger charge is -2.32. The molecule has 172 valence electrons. The molecule has 2 aliphatic rings. The number of allylic oxidation sites excluding steroid dienone is 1. The quantitative estimate of drug-likeness (QED) is 0.505. The molecule has 0 spiro atoms. The van der Waals surface area contributed by atoms with E-state index in [0.717, 1.165) is 58.3 Å². The van der Waals surface area contributed by atoms with Crippen molar-refractivity contribution in [2.45, 2.75) is 46.0 Å². The minimum absolute atomic E-state index is 0.354. The van der Waals surface area contributed by atoms with Gasteiger partial charge in [0.05, 0.1) is 12.2 Å². The van der Waals surface area contributed by atoms with Gasteiger partial charge in [-0.3, -0.25) is 0 Å². The Kier molecular flexibility index (Phi) is 7.25. The second-order valence-electron chi connectivity index (χ2n) is 8.80. The molecule has 7 nitrogen and oxygen atoms in total. The van der Waals surface area contributed by atoms with Crippen molar-refractivity contribution in [3.05, 3.63) is 46.5 Å². The Morgan fingerprint density at radius 2 is 2.00 bits per heavy atom. The fourth-order valence-corrected chi connectivity index (χ4v) is 4.85. The molecule has 0 amide bonds. The number of hydrogen-bond acceptors (Lipinski definition) is 6. The van der Waals surface area contributed by atoms with E-state index in [4.69, 9.17) is 4.74 Å². The number of hydrogen-bond donors (Lipinski definition) is 1. The highest BCUT2D eigenvalue weighted by Gasteiger charge is 2.22. The molecule has 7 heteroatoms. The number of nitrogens with one attached hydrogen (secondary N) is 1. The molecule has 0 atom stereocenters. The van der Waals surface area contributed by atoms with Gasteiger partial charge >= 0.3 is 5.97 Å². The van der Waals surface area contributed by atoms with Crippen LogP contribution in [0.5, 0.6) is 0 Å². The molecule has 4 rings (SSSR count). The smallest absolute Gasteiger partial charge is 0.341 e. The Bertz CT molecular complexity index is 956. The van der Waals surface area contributed by atoms with Crippen molar-refractivity contribution in [1.29, 1.82) is 0 Å². The van der Waals surface area contributed by atoms with Gasteiger partial charge in [-0.15, -0.1) is 0 Å². The predicted octanol–water partition coefficient (Wildman–Crippen LogP) is 3.31. The molecule has 0 radical (unpaired) electrons. The number of ether oxygens (including phenoxy) is 1. The summed E-state index contributed by atoms with van der Waals surface area (Å²) < 4.78 is 7.37. The highest BCUT2D eigenvalue weighted by atomic mass is 16.5. The monoisotopic (exact) mass is 437 g/mol. The topological polar surface area (TPSA) is 72.3 Å². The molecule has 1 aliphatic carbocycles. The minimum atomic E-state index is -0.369. The summed E-state index contributed by atoms with van der Waals surface area (Å²) in [6.07, 6.45) is 13.4. The summed E-state index contributed by atoms with van der Waals surface area (Å²) in [6.45, 7) is 8.36. The Morgan fingerprint density at radius 3 is 2.72 bits per heavy atom. The molecule has 2 aromatic rings. The first-order valence-corrected chi connectivity index (χ1v) is 11.9. The average Bonchev–Trinajstić information content (AvgIpc) is 3.07. The average molecular weight is 438 g/mol. The van der Waals surface area contributed by atoms with E-state index in [1.165, 1.54) is 22.5 Å². The van der Waals surface area contributed by atoms with Crippen molar-refractivity contribution in [3.8, 4) is 0 Å². The summed E-state index contributed by atoms with van der Waals surface area (Å²) in [6, 6.07) is 0. The Morgan fingerprint density at radius 1 is 1.25 bits per heavy atom. The van der Waals surface area contributed by atoms with Crippen LogP contribution < -0.4 is 10.2 Å². The van der Waals surface area contributed by atoms with Crippen LogP contribution in [0.1, 0.15) is 59.1 Å². The van der Waals surface area contributed by atoms with E-state index in [0.29, 0.717) is 24.0 Å². The molecule has 0 saturated carbocycles. The molecular formula is C25H35N5O2. The Hall–Kier alpha value is -2.67. The van der Waals surface area contributed by atoms with Crippen molar-refractivity contribution in [2.24, 2.45) is 13.0 Å².